The Morgan fingerprint density at radius 2 is 2.10 bits per heavy atom. The maximum Gasteiger partial charge on any atom is 0.255 e. The van der Waals surface area contributed by atoms with Gasteiger partial charge in [0.25, 0.3) is 5.91 Å². The number of nitrogen functional groups attached to an aromatic ring is 1. The molecular formula is C12H9BrClFN4O. The van der Waals surface area contributed by atoms with E-state index in [-0.39, 0.29) is 16.5 Å². The third kappa shape index (κ3) is 3.44. The van der Waals surface area contributed by atoms with Crippen LogP contribution in [0, 0.1) is 5.82 Å². The smallest absolute Gasteiger partial charge is 0.255 e. The number of anilines is 2. The molecule has 0 spiro atoms. The van der Waals surface area contributed by atoms with E-state index in [4.69, 9.17) is 17.4 Å². The van der Waals surface area contributed by atoms with Gasteiger partial charge in [0, 0.05) is 10.0 Å². The van der Waals surface area contributed by atoms with Crippen LogP contribution < -0.4 is 16.6 Å². The van der Waals surface area contributed by atoms with Gasteiger partial charge in [0.2, 0.25) is 0 Å². The molecular weight excluding hydrogens is 351 g/mol. The molecule has 0 unspecified atom stereocenters. The van der Waals surface area contributed by atoms with Crippen LogP contribution in [0.5, 0.6) is 0 Å². The van der Waals surface area contributed by atoms with E-state index in [2.05, 4.69) is 31.7 Å². The van der Waals surface area contributed by atoms with Crippen molar-refractivity contribution in [1.29, 1.82) is 0 Å². The predicted molar refractivity (Wildman–Crippen MR) is 79.1 cm³/mol. The monoisotopic (exact) mass is 358 g/mol. The number of nitrogens with zero attached hydrogens (tertiary/aromatic N) is 1. The normalized spacial score (nSPS) is 10.2. The van der Waals surface area contributed by atoms with E-state index in [0.29, 0.717) is 10.2 Å². The van der Waals surface area contributed by atoms with Crippen molar-refractivity contribution < 1.29 is 9.18 Å². The number of amides is 1. The van der Waals surface area contributed by atoms with Crippen molar-refractivity contribution in [3.63, 3.8) is 0 Å². The quantitative estimate of drug-likeness (QED) is 0.447. The molecule has 0 atom stereocenters. The van der Waals surface area contributed by atoms with E-state index in [1.807, 2.05) is 0 Å². The molecule has 8 heteroatoms. The summed E-state index contributed by atoms with van der Waals surface area (Å²) in [5.41, 5.74) is 2.86. The van der Waals surface area contributed by atoms with Gasteiger partial charge < -0.3 is 10.7 Å². The highest BCUT2D eigenvalue weighted by atomic mass is 79.9. The van der Waals surface area contributed by atoms with Crippen molar-refractivity contribution in [2.75, 3.05) is 10.7 Å². The number of hydrazine groups is 1. The van der Waals surface area contributed by atoms with Gasteiger partial charge in [-0.1, -0.05) is 11.6 Å². The highest BCUT2D eigenvalue weighted by Gasteiger charge is 2.11. The Kier molecular flexibility index (Phi) is 4.53. The number of halogens is 3. The average Bonchev–Trinajstić information content (AvgIpc) is 2.42. The van der Waals surface area contributed by atoms with Crippen LogP contribution in [-0.4, -0.2) is 10.9 Å². The minimum absolute atomic E-state index is 0.115. The maximum atomic E-state index is 13.2. The van der Waals surface area contributed by atoms with E-state index < -0.39 is 11.7 Å². The lowest BCUT2D eigenvalue weighted by Gasteiger charge is -2.09. The van der Waals surface area contributed by atoms with Crippen molar-refractivity contribution >= 4 is 44.9 Å². The fraction of sp³-hybridized carbons (Fsp3) is 0. The van der Waals surface area contributed by atoms with Crippen molar-refractivity contribution in [3.8, 4) is 0 Å². The summed E-state index contributed by atoms with van der Waals surface area (Å²) < 4.78 is 13.7. The van der Waals surface area contributed by atoms with Crippen molar-refractivity contribution in [1.82, 2.24) is 4.98 Å². The van der Waals surface area contributed by atoms with Crippen LogP contribution in [0.15, 0.2) is 34.8 Å². The summed E-state index contributed by atoms with van der Waals surface area (Å²) in [7, 11) is 0. The van der Waals surface area contributed by atoms with Gasteiger partial charge in [0.1, 0.15) is 16.8 Å². The first-order valence-electron chi connectivity index (χ1n) is 5.40. The Balaban J connectivity index is 2.28. The number of pyridine rings is 1. The molecule has 1 amide bonds. The van der Waals surface area contributed by atoms with Crippen LogP contribution in [0.25, 0.3) is 0 Å². The Labute approximate surface area is 127 Å². The number of hydrogen-bond donors (Lipinski definition) is 3. The van der Waals surface area contributed by atoms with Crippen LogP contribution in [0.3, 0.4) is 0 Å². The zero-order chi connectivity index (χ0) is 14.7. The van der Waals surface area contributed by atoms with E-state index in [1.165, 1.54) is 30.3 Å². The molecule has 5 nitrogen and oxygen atoms in total. The topological polar surface area (TPSA) is 80.0 Å². The fourth-order valence-electron chi connectivity index (χ4n) is 1.49. The molecule has 2 rings (SSSR count). The van der Waals surface area contributed by atoms with Crippen LogP contribution >= 0.6 is 27.5 Å². The van der Waals surface area contributed by atoms with E-state index in [1.54, 1.807) is 0 Å². The Morgan fingerprint density at radius 3 is 2.80 bits per heavy atom. The molecule has 1 aromatic heterocycles. The molecule has 0 aliphatic carbocycles. The molecule has 0 saturated carbocycles. The predicted octanol–water partition coefficient (Wildman–Crippen LogP) is 3.17. The summed E-state index contributed by atoms with van der Waals surface area (Å²) in [5, 5.41) is 2.68. The molecule has 0 fully saturated rings. The zero-order valence-corrected chi connectivity index (χ0v) is 12.3. The molecule has 20 heavy (non-hydrogen) atoms. The first-order valence-corrected chi connectivity index (χ1v) is 6.57. The zero-order valence-electron chi connectivity index (χ0n) is 9.95. The highest BCUT2D eigenvalue weighted by molar-refractivity contribution is 9.10. The maximum absolute atomic E-state index is 13.2. The van der Waals surface area contributed by atoms with E-state index in [9.17, 15) is 9.18 Å². The first kappa shape index (κ1) is 14.7. The Bertz CT molecular complexity index is 668. The van der Waals surface area contributed by atoms with Crippen LogP contribution in [0.2, 0.25) is 5.15 Å². The van der Waals surface area contributed by atoms with Gasteiger partial charge in [0.15, 0.2) is 0 Å². The number of benzene rings is 1. The number of hydrogen-bond acceptors (Lipinski definition) is 4. The van der Waals surface area contributed by atoms with Crippen molar-refractivity contribution in [3.05, 3.63) is 51.3 Å². The lowest BCUT2D eigenvalue weighted by Crippen LogP contribution is -2.15. The van der Waals surface area contributed by atoms with Gasteiger partial charge in [-0.3, -0.25) is 4.79 Å². The molecule has 0 radical (unpaired) electrons. The molecule has 0 bridgehead atoms. The molecule has 1 heterocycles. The summed E-state index contributed by atoms with van der Waals surface area (Å²) in [5.74, 6) is 4.56. The van der Waals surface area contributed by atoms with Crippen LogP contribution in [-0.2, 0) is 0 Å². The minimum Gasteiger partial charge on any atom is -0.321 e. The summed E-state index contributed by atoms with van der Waals surface area (Å²) >= 11 is 9.00. The molecule has 2 aromatic rings. The molecule has 104 valence electrons. The number of aromatic nitrogens is 1. The number of nitrogens with one attached hydrogen (secondary N) is 2. The first-order chi connectivity index (χ1) is 9.49. The number of carbonyl (C=O) groups is 1. The van der Waals surface area contributed by atoms with E-state index in [0.717, 1.165) is 0 Å². The number of rotatable bonds is 3. The second-order valence-electron chi connectivity index (χ2n) is 3.79. The Morgan fingerprint density at radius 1 is 1.35 bits per heavy atom. The van der Waals surface area contributed by atoms with Gasteiger partial charge >= 0.3 is 0 Å². The molecule has 0 saturated heterocycles. The minimum atomic E-state index is -0.461. The van der Waals surface area contributed by atoms with Gasteiger partial charge in [-0.25, -0.2) is 15.2 Å². The molecule has 1 aromatic carbocycles. The van der Waals surface area contributed by atoms with Gasteiger partial charge in [-0.05, 0) is 46.3 Å². The fourth-order valence-corrected chi connectivity index (χ4v) is 2.04. The summed E-state index contributed by atoms with van der Waals surface area (Å²) in [6.07, 6.45) is 0. The lowest BCUT2D eigenvalue weighted by molar-refractivity contribution is 0.102. The average molecular weight is 360 g/mol. The second kappa shape index (κ2) is 6.17. The molecule has 0 aliphatic heterocycles. The molecule has 0 aliphatic rings. The number of carbonyl (C=O) groups excluding carboxylic acids is 1. The third-order valence-corrected chi connectivity index (χ3v) is 3.27. The number of nitrogens with two attached hydrogens (primary N) is 1. The van der Waals surface area contributed by atoms with Crippen LogP contribution in [0.4, 0.5) is 15.9 Å². The second-order valence-corrected chi connectivity index (χ2v) is 5.03. The lowest BCUT2D eigenvalue weighted by atomic mass is 10.2. The molecule has 4 N–H and O–H groups in total. The van der Waals surface area contributed by atoms with Crippen molar-refractivity contribution in [2.45, 2.75) is 0 Å². The standard InChI is InChI=1S/C12H9BrClFN4O/c13-8-2-1-7(15)5-9(8)17-12(20)6-3-10(14)18-11(4-6)19-16/h1-5H,16H2,(H,17,20)(H,18,19). The SMILES string of the molecule is NNc1cc(C(=O)Nc2cc(F)ccc2Br)cc(Cl)n1. The summed E-state index contributed by atoms with van der Waals surface area (Å²) in [6, 6.07) is 6.78. The highest BCUT2D eigenvalue weighted by Crippen LogP contribution is 2.24. The third-order valence-electron chi connectivity index (χ3n) is 2.38. The van der Waals surface area contributed by atoms with Crippen molar-refractivity contribution in [2.24, 2.45) is 5.84 Å². The summed E-state index contributed by atoms with van der Waals surface area (Å²) in [4.78, 5) is 15.9. The summed E-state index contributed by atoms with van der Waals surface area (Å²) in [6.45, 7) is 0. The van der Waals surface area contributed by atoms with Gasteiger partial charge in [-0.2, -0.15) is 0 Å². The van der Waals surface area contributed by atoms with Crippen LogP contribution in [0.1, 0.15) is 10.4 Å². The van der Waals surface area contributed by atoms with Gasteiger partial charge in [-0.15, -0.1) is 0 Å². The van der Waals surface area contributed by atoms with E-state index >= 15 is 0 Å². The Hall–Kier alpha value is -1.70. The van der Waals surface area contributed by atoms with Gasteiger partial charge in [0.05, 0.1) is 5.69 Å². The largest absolute Gasteiger partial charge is 0.321 e.